The van der Waals surface area contributed by atoms with Gasteiger partial charge in [-0.1, -0.05) is 6.07 Å². The van der Waals surface area contributed by atoms with Crippen LogP contribution in [0.2, 0.25) is 0 Å². The normalized spacial score (nSPS) is 13.1. The van der Waals surface area contributed by atoms with Crippen LogP contribution in [0.3, 0.4) is 0 Å². The molecule has 100 valence electrons. The highest BCUT2D eigenvalue weighted by Gasteiger charge is 2.16. The molecule has 1 heterocycles. The molecule has 1 atom stereocenters. The van der Waals surface area contributed by atoms with Gasteiger partial charge in [0.25, 0.3) is 0 Å². The van der Waals surface area contributed by atoms with Crippen molar-refractivity contribution in [3.63, 3.8) is 0 Å². The van der Waals surface area contributed by atoms with Crippen molar-refractivity contribution in [1.29, 1.82) is 0 Å². The second kappa shape index (κ2) is 6.50. The number of nitrogens with zero attached hydrogens (tertiary/aromatic N) is 1. The molecule has 4 nitrogen and oxygen atoms in total. The summed E-state index contributed by atoms with van der Waals surface area (Å²) in [5.41, 5.74) is 0.702. The lowest BCUT2D eigenvalue weighted by Crippen LogP contribution is -2.27. The lowest BCUT2D eigenvalue weighted by Gasteiger charge is -2.20. The van der Waals surface area contributed by atoms with E-state index in [9.17, 15) is 4.79 Å². The van der Waals surface area contributed by atoms with Gasteiger partial charge in [0.1, 0.15) is 5.60 Å². The van der Waals surface area contributed by atoms with Crippen LogP contribution >= 0.6 is 0 Å². The van der Waals surface area contributed by atoms with Crippen LogP contribution in [0.15, 0.2) is 24.5 Å². The summed E-state index contributed by atoms with van der Waals surface area (Å²) in [6, 6.07) is 4.10. The van der Waals surface area contributed by atoms with Crippen molar-refractivity contribution in [2.45, 2.75) is 45.8 Å². The lowest BCUT2D eigenvalue weighted by molar-refractivity contribution is -0.154. The Hall–Kier alpha value is -1.42. The molecular formula is C14H22N2O2. The maximum absolute atomic E-state index is 11.5. The van der Waals surface area contributed by atoms with E-state index in [0.29, 0.717) is 13.0 Å². The number of esters is 1. The molecule has 1 aromatic heterocycles. The standard InChI is InChI=1S/C14H22N2O2/c1-11(12-6-5-8-15-10-12)16-9-7-13(17)18-14(2,3)4/h5-6,8,10-11,16H,7,9H2,1-4H3. The summed E-state index contributed by atoms with van der Waals surface area (Å²) >= 11 is 0. The number of aromatic nitrogens is 1. The third kappa shape index (κ3) is 5.77. The average molecular weight is 250 g/mol. The highest BCUT2D eigenvalue weighted by molar-refractivity contribution is 5.70. The first-order valence-corrected chi connectivity index (χ1v) is 6.23. The molecule has 1 aromatic rings. The highest BCUT2D eigenvalue weighted by atomic mass is 16.6. The van der Waals surface area contributed by atoms with Gasteiger partial charge >= 0.3 is 5.97 Å². The third-order valence-corrected chi connectivity index (χ3v) is 2.38. The molecule has 18 heavy (non-hydrogen) atoms. The van der Waals surface area contributed by atoms with Crippen molar-refractivity contribution in [3.8, 4) is 0 Å². The molecule has 0 aliphatic heterocycles. The van der Waals surface area contributed by atoms with Crippen LogP contribution in [0, 0.1) is 0 Å². The fourth-order valence-corrected chi connectivity index (χ4v) is 1.53. The van der Waals surface area contributed by atoms with Gasteiger partial charge in [0.2, 0.25) is 0 Å². The predicted molar refractivity (Wildman–Crippen MR) is 71.1 cm³/mol. The molecule has 0 radical (unpaired) electrons. The number of pyridine rings is 1. The Labute approximate surface area is 109 Å². The number of hydrogen-bond donors (Lipinski definition) is 1. The number of rotatable bonds is 5. The smallest absolute Gasteiger partial charge is 0.307 e. The number of carbonyl (C=O) groups is 1. The van der Waals surface area contributed by atoms with Crippen molar-refractivity contribution in [1.82, 2.24) is 10.3 Å². The van der Waals surface area contributed by atoms with Crippen LogP contribution < -0.4 is 5.32 Å². The summed E-state index contributed by atoms with van der Waals surface area (Å²) in [6.45, 7) is 8.26. The van der Waals surface area contributed by atoms with Crippen LogP contribution in [0.25, 0.3) is 0 Å². The summed E-state index contributed by atoms with van der Waals surface area (Å²) in [5.74, 6) is -0.173. The van der Waals surface area contributed by atoms with Crippen molar-refractivity contribution < 1.29 is 9.53 Å². The topological polar surface area (TPSA) is 51.2 Å². The summed E-state index contributed by atoms with van der Waals surface area (Å²) in [5, 5.41) is 3.27. The van der Waals surface area contributed by atoms with E-state index in [1.807, 2.05) is 46.0 Å². The van der Waals surface area contributed by atoms with Gasteiger partial charge in [0, 0.05) is 25.0 Å². The maximum atomic E-state index is 11.5. The SMILES string of the molecule is CC(NCCC(=O)OC(C)(C)C)c1cccnc1. The van der Waals surface area contributed by atoms with Gasteiger partial charge in [-0.15, -0.1) is 0 Å². The molecule has 1 N–H and O–H groups in total. The molecule has 4 heteroatoms. The van der Waals surface area contributed by atoms with Crippen LogP contribution in [0.5, 0.6) is 0 Å². The van der Waals surface area contributed by atoms with Crippen LogP contribution in [0.4, 0.5) is 0 Å². The minimum atomic E-state index is -0.411. The first-order chi connectivity index (χ1) is 8.38. The van der Waals surface area contributed by atoms with Gasteiger partial charge in [-0.25, -0.2) is 0 Å². The van der Waals surface area contributed by atoms with E-state index in [0.717, 1.165) is 5.56 Å². The van der Waals surface area contributed by atoms with E-state index in [2.05, 4.69) is 10.3 Å². The Balaban J connectivity index is 2.28. The quantitative estimate of drug-likeness (QED) is 0.816. The number of hydrogen-bond acceptors (Lipinski definition) is 4. The van der Waals surface area contributed by atoms with E-state index in [1.54, 1.807) is 6.20 Å². The van der Waals surface area contributed by atoms with E-state index in [-0.39, 0.29) is 12.0 Å². The Kier molecular flexibility index (Phi) is 5.28. The molecule has 1 rings (SSSR count). The summed E-state index contributed by atoms with van der Waals surface area (Å²) < 4.78 is 5.23. The summed E-state index contributed by atoms with van der Waals surface area (Å²) in [4.78, 5) is 15.6. The predicted octanol–water partition coefficient (Wildman–Crippen LogP) is 2.46. The first kappa shape index (κ1) is 14.6. The zero-order valence-electron chi connectivity index (χ0n) is 11.6. The molecule has 1 unspecified atom stereocenters. The Morgan fingerprint density at radius 3 is 2.78 bits per heavy atom. The number of ether oxygens (including phenoxy) is 1. The van der Waals surface area contributed by atoms with E-state index < -0.39 is 5.60 Å². The van der Waals surface area contributed by atoms with Gasteiger partial charge in [0.05, 0.1) is 6.42 Å². The lowest BCUT2D eigenvalue weighted by atomic mass is 10.1. The van der Waals surface area contributed by atoms with Gasteiger partial charge in [-0.05, 0) is 39.3 Å². The van der Waals surface area contributed by atoms with Crippen molar-refractivity contribution in [3.05, 3.63) is 30.1 Å². The van der Waals surface area contributed by atoms with Crippen molar-refractivity contribution in [2.24, 2.45) is 0 Å². The maximum Gasteiger partial charge on any atom is 0.307 e. The summed E-state index contributed by atoms with van der Waals surface area (Å²) in [7, 11) is 0. The van der Waals surface area contributed by atoms with E-state index >= 15 is 0 Å². The molecule has 0 fully saturated rings. The minimum Gasteiger partial charge on any atom is -0.460 e. The Bertz CT molecular complexity index is 371. The molecule has 0 spiro atoms. The highest BCUT2D eigenvalue weighted by Crippen LogP contribution is 2.10. The molecule has 0 saturated heterocycles. The van der Waals surface area contributed by atoms with Crippen molar-refractivity contribution >= 4 is 5.97 Å². The van der Waals surface area contributed by atoms with Gasteiger partial charge in [0.15, 0.2) is 0 Å². The fraction of sp³-hybridized carbons (Fsp3) is 0.571. The van der Waals surface area contributed by atoms with Gasteiger partial charge < -0.3 is 10.1 Å². The zero-order valence-corrected chi connectivity index (χ0v) is 11.6. The minimum absolute atomic E-state index is 0.173. The second-order valence-corrected chi connectivity index (χ2v) is 5.30. The van der Waals surface area contributed by atoms with Crippen molar-refractivity contribution in [2.75, 3.05) is 6.54 Å². The molecular weight excluding hydrogens is 228 g/mol. The van der Waals surface area contributed by atoms with E-state index in [1.165, 1.54) is 0 Å². The van der Waals surface area contributed by atoms with Crippen LogP contribution in [0.1, 0.15) is 45.7 Å². The molecule has 0 bridgehead atoms. The first-order valence-electron chi connectivity index (χ1n) is 6.23. The number of nitrogens with one attached hydrogen (secondary N) is 1. The Morgan fingerprint density at radius 2 is 2.22 bits per heavy atom. The molecule has 0 aromatic carbocycles. The summed E-state index contributed by atoms with van der Waals surface area (Å²) in [6.07, 6.45) is 3.95. The van der Waals surface area contributed by atoms with E-state index in [4.69, 9.17) is 4.74 Å². The Morgan fingerprint density at radius 1 is 1.50 bits per heavy atom. The van der Waals surface area contributed by atoms with Crippen LogP contribution in [-0.4, -0.2) is 23.1 Å². The largest absolute Gasteiger partial charge is 0.460 e. The van der Waals surface area contributed by atoms with Gasteiger partial charge in [-0.2, -0.15) is 0 Å². The monoisotopic (exact) mass is 250 g/mol. The average Bonchev–Trinajstić information content (AvgIpc) is 2.27. The van der Waals surface area contributed by atoms with Gasteiger partial charge in [-0.3, -0.25) is 9.78 Å². The molecule has 0 aliphatic carbocycles. The third-order valence-electron chi connectivity index (χ3n) is 2.38. The molecule has 0 saturated carbocycles. The fourth-order valence-electron chi connectivity index (χ4n) is 1.53. The number of carbonyl (C=O) groups excluding carboxylic acids is 1. The second-order valence-electron chi connectivity index (χ2n) is 5.30. The van der Waals surface area contributed by atoms with Crippen LogP contribution in [-0.2, 0) is 9.53 Å². The zero-order chi connectivity index (χ0) is 13.6. The molecule has 0 amide bonds. The molecule has 0 aliphatic rings.